The van der Waals surface area contributed by atoms with E-state index in [2.05, 4.69) is 5.32 Å². The average molecular weight is 259 g/mol. The molecule has 1 amide bonds. The van der Waals surface area contributed by atoms with Gasteiger partial charge in [0.25, 0.3) is 5.91 Å². The van der Waals surface area contributed by atoms with Crippen LogP contribution in [0.5, 0.6) is 0 Å². The summed E-state index contributed by atoms with van der Waals surface area (Å²) in [5.41, 5.74) is 0.125. The molecule has 1 N–H and O–H groups in total. The number of carbonyl (C=O) groups excluding carboxylic acids is 1. The molecule has 1 aromatic carbocycles. The molecule has 0 heterocycles. The highest BCUT2D eigenvalue weighted by Gasteiger charge is 2.17. The zero-order valence-electron chi connectivity index (χ0n) is 9.82. The van der Waals surface area contributed by atoms with Crippen molar-refractivity contribution in [3.63, 3.8) is 0 Å². The molecular formula is C11H14FNO3S. The summed E-state index contributed by atoms with van der Waals surface area (Å²) in [6.07, 6.45) is 0.898. The van der Waals surface area contributed by atoms with Crippen LogP contribution in [0.2, 0.25) is 0 Å². The molecule has 0 aliphatic rings. The van der Waals surface area contributed by atoms with Crippen LogP contribution >= 0.6 is 0 Å². The first kappa shape index (κ1) is 13.6. The van der Waals surface area contributed by atoms with E-state index in [9.17, 15) is 17.6 Å². The second kappa shape index (κ2) is 4.83. The normalized spacial score (nSPS) is 11.6. The number of rotatable bonds is 3. The quantitative estimate of drug-likeness (QED) is 0.891. The van der Waals surface area contributed by atoms with Crippen LogP contribution in [0.15, 0.2) is 23.1 Å². The Balaban J connectivity index is 3.18. The summed E-state index contributed by atoms with van der Waals surface area (Å²) in [5, 5.41) is 2.60. The highest BCUT2D eigenvalue weighted by atomic mass is 32.2. The topological polar surface area (TPSA) is 63.2 Å². The van der Waals surface area contributed by atoms with Gasteiger partial charge in [-0.3, -0.25) is 4.79 Å². The number of sulfone groups is 1. The molecule has 0 radical (unpaired) electrons. The molecule has 4 nitrogen and oxygen atoms in total. The van der Waals surface area contributed by atoms with E-state index in [0.717, 1.165) is 18.4 Å². The summed E-state index contributed by atoms with van der Waals surface area (Å²) in [6.45, 7) is 3.55. The summed E-state index contributed by atoms with van der Waals surface area (Å²) >= 11 is 0. The minimum Gasteiger partial charge on any atom is -0.350 e. The van der Waals surface area contributed by atoms with Crippen molar-refractivity contribution in [1.29, 1.82) is 0 Å². The molecule has 0 aliphatic heterocycles. The third kappa shape index (κ3) is 3.52. The Morgan fingerprint density at radius 3 is 2.41 bits per heavy atom. The van der Waals surface area contributed by atoms with E-state index in [-0.39, 0.29) is 11.6 Å². The molecule has 0 saturated carbocycles. The third-order valence-electron chi connectivity index (χ3n) is 2.01. The molecule has 6 heteroatoms. The van der Waals surface area contributed by atoms with E-state index in [1.54, 1.807) is 13.8 Å². The van der Waals surface area contributed by atoms with Gasteiger partial charge in [0.15, 0.2) is 9.84 Å². The fraction of sp³-hybridized carbons (Fsp3) is 0.364. The van der Waals surface area contributed by atoms with E-state index in [4.69, 9.17) is 0 Å². The van der Waals surface area contributed by atoms with Gasteiger partial charge in [-0.25, -0.2) is 12.8 Å². The molecule has 0 bridgehead atoms. The highest BCUT2D eigenvalue weighted by molar-refractivity contribution is 7.90. The van der Waals surface area contributed by atoms with Gasteiger partial charge in [-0.1, -0.05) is 0 Å². The monoisotopic (exact) mass is 259 g/mol. The lowest BCUT2D eigenvalue weighted by Crippen LogP contribution is -2.30. The smallest absolute Gasteiger partial charge is 0.251 e. The molecule has 0 unspecified atom stereocenters. The van der Waals surface area contributed by atoms with Crippen LogP contribution in [0, 0.1) is 5.82 Å². The van der Waals surface area contributed by atoms with Gasteiger partial charge in [-0.05, 0) is 32.0 Å². The summed E-state index contributed by atoms with van der Waals surface area (Å²) in [6, 6.07) is 3.20. The zero-order chi connectivity index (χ0) is 13.2. The summed E-state index contributed by atoms with van der Waals surface area (Å²) < 4.78 is 35.8. The Labute approximate surface area is 99.8 Å². The highest BCUT2D eigenvalue weighted by Crippen LogP contribution is 2.16. The molecule has 1 rings (SSSR count). The van der Waals surface area contributed by atoms with Crippen LogP contribution in [0.4, 0.5) is 4.39 Å². The van der Waals surface area contributed by atoms with Crippen molar-refractivity contribution in [3.8, 4) is 0 Å². The number of halogens is 1. The number of carbonyl (C=O) groups is 1. The molecule has 0 fully saturated rings. The van der Waals surface area contributed by atoms with Crippen LogP contribution in [-0.2, 0) is 9.84 Å². The Bertz CT molecular complexity index is 538. The van der Waals surface area contributed by atoms with Gasteiger partial charge in [0.05, 0.1) is 0 Å². The average Bonchev–Trinajstić information content (AvgIpc) is 2.15. The van der Waals surface area contributed by atoms with Crippen LogP contribution in [-0.4, -0.2) is 26.6 Å². The fourth-order valence-corrected chi connectivity index (χ4v) is 2.04. The fourth-order valence-electron chi connectivity index (χ4n) is 1.27. The minimum atomic E-state index is -3.67. The van der Waals surface area contributed by atoms with Gasteiger partial charge < -0.3 is 5.32 Å². The van der Waals surface area contributed by atoms with Gasteiger partial charge in [0.2, 0.25) is 0 Å². The van der Waals surface area contributed by atoms with Crippen molar-refractivity contribution in [2.45, 2.75) is 24.8 Å². The van der Waals surface area contributed by atoms with E-state index in [1.165, 1.54) is 6.07 Å². The second-order valence-electron chi connectivity index (χ2n) is 4.05. The standard InChI is InChI=1S/C11H14FNO3S/c1-7(2)13-11(14)8-4-5-9(12)10(6-8)17(3,15)16/h4-7H,1-3H3,(H,13,14). The largest absolute Gasteiger partial charge is 0.350 e. The Hall–Kier alpha value is -1.43. The van der Waals surface area contributed by atoms with Crippen LogP contribution in [0.1, 0.15) is 24.2 Å². The van der Waals surface area contributed by atoms with E-state index in [0.29, 0.717) is 0 Å². The molecule has 94 valence electrons. The number of nitrogens with one attached hydrogen (secondary N) is 1. The van der Waals surface area contributed by atoms with Crippen molar-refractivity contribution in [1.82, 2.24) is 5.32 Å². The molecule has 0 aliphatic carbocycles. The van der Waals surface area contributed by atoms with Crippen molar-refractivity contribution < 1.29 is 17.6 Å². The SMILES string of the molecule is CC(C)NC(=O)c1ccc(F)c(S(C)(=O)=O)c1. The van der Waals surface area contributed by atoms with Gasteiger partial charge >= 0.3 is 0 Å². The summed E-state index contributed by atoms with van der Waals surface area (Å²) in [5.74, 6) is -1.28. The third-order valence-corrected chi connectivity index (χ3v) is 3.12. The number of benzene rings is 1. The maximum Gasteiger partial charge on any atom is 0.251 e. The zero-order valence-corrected chi connectivity index (χ0v) is 10.6. The molecular weight excluding hydrogens is 245 g/mol. The van der Waals surface area contributed by atoms with E-state index >= 15 is 0 Å². The van der Waals surface area contributed by atoms with Crippen molar-refractivity contribution in [3.05, 3.63) is 29.6 Å². The molecule has 17 heavy (non-hydrogen) atoms. The maximum atomic E-state index is 13.3. The van der Waals surface area contributed by atoms with Crippen LogP contribution in [0.25, 0.3) is 0 Å². The van der Waals surface area contributed by atoms with Gasteiger partial charge in [0.1, 0.15) is 10.7 Å². The predicted molar refractivity (Wildman–Crippen MR) is 62.1 cm³/mol. The molecule has 0 saturated heterocycles. The lowest BCUT2D eigenvalue weighted by Gasteiger charge is -2.09. The number of hydrogen-bond acceptors (Lipinski definition) is 3. The Morgan fingerprint density at radius 2 is 1.94 bits per heavy atom. The summed E-state index contributed by atoms with van der Waals surface area (Å²) in [4.78, 5) is 11.2. The number of amides is 1. The van der Waals surface area contributed by atoms with E-state index in [1.807, 2.05) is 0 Å². The first-order chi connectivity index (χ1) is 7.71. The first-order valence-electron chi connectivity index (χ1n) is 5.02. The van der Waals surface area contributed by atoms with Gasteiger partial charge in [-0.15, -0.1) is 0 Å². The van der Waals surface area contributed by atoms with Crippen molar-refractivity contribution in [2.75, 3.05) is 6.26 Å². The molecule has 0 spiro atoms. The van der Waals surface area contributed by atoms with Crippen molar-refractivity contribution >= 4 is 15.7 Å². The Morgan fingerprint density at radius 1 is 1.35 bits per heavy atom. The van der Waals surface area contributed by atoms with Gasteiger partial charge in [0, 0.05) is 17.9 Å². The van der Waals surface area contributed by atoms with E-state index < -0.39 is 26.5 Å². The molecule has 1 aromatic rings. The summed E-state index contributed by atoms with van der Waals surface area (Å²) in [7, 11) is -3.67. The van der Waals surface area contributed by atoms with Crippen molar-refractivity contribution in [2.24, 2.45) is 0 Å². The minimum absolute atomic E-state index is 0.0748. The predicted octanol–water partition coefficient (Wildman–Crippen LogP) is 1.37. The van der Waals surface area contributed by atoms with Crippen LogP contribution < -0.4 is 5.32 Å². The molecule has 0 aromatic heterocycles. The second-order valence-corrected chi connectivity index (χ2v) is 6.03. The van der Waals surface area contributed by atoms with Crippen LogP contribution in [0.3, 0.4) is 0 Å². The first-order valence-corrected chi connectivity index (χ1v) is 6.91. The molecule has 0 atom stereocenters. The lowest BCUT2D eigenvalue weighted by atomic mass is 10.2. The van der Waals surface area contributed by atoms with Gasteiger partial charge in [-0.2, -0.15) is 0 Å². The maximum absolute atomic E-state index is 13.3. The number of hydrogen-bond donors (Lipinski definition) is 1. The lowest BCUT2D eigenvalue weighted by molar-refractivity contribution is 0.0943. The Kier molecular flexibility index (Phi) is 3.87.